The SMILES string of the molecule is CCOP(=O)(CO)OCC.O=C(O)Cl. The Kier molecular flexibility index (Phi) is 11.0. The third kappa shape index (κ3) is 11.9. The summed E-state index contributed by atoms with van der Waals surface area (Å²) < 4.78 is 20.5. The number of hydrogen-bond acceptors (Lipinski definition) is 5. The van der Waals surface area contributed by atoms with Crippen LogP contribution in [-0.4, -0.2) is 35.2 Å². The molecule has 0 atom stereocenters. The van der Waals surface area contributed by atoms with Crippen LogP contribution in [0.4, 0.5) is 4.79 Å². The van der Waals surface area contributed by atoms with Crippen LogP contribution in [0.5, 0.6) is 0 Å². The Morgan fingerprint density at radius 3 is 1.79 bits per heavy atom. The van der Waals surface area contributed by atoms with Crippen molar-refractivity contribution in [2.75, 3.05) is 19.6 Å². The van der Waals surface area contributed by atoms with Crippen LogP contribution in [0.15, 0.2) is 0 Å². The summed E-state index contributed by atoms with van der Waals surface area (Å²) in [6, 6.07) is 0. The fourth-order valence-electron chi connectivity index (χ4n) is 0.512. The molecule has 86 valence electrons. The van der Waals surface area contributed by atoms with Gasteiger partial charge in [-0.2, -0.15) is 0 Å². The topological polar surface area (TPSA) is 93.1 Å². The third-order valence-electron chi connectivity index (χ3n) is 0.825. The normalized spacial score (nSPS) is 10.3. The number of aliphatic hydroxyl groups is 1. The van der Waals surface area contributed by atoms with Gasteiger partial charge >= 0.3 is 13.0 Å². The number of carbonyl (C=O) groups is 1. The lowest BCUT2D eigenvalue weighted by atomic mass is 10.9. The molecule has 0 radical (unpaired) electrons. The quantitative estimate of drug-likeness (QED) is 0.572. The number of halogens is 1. The maximum atomic E-state index is 11.1. The van der Waals surface area contributed by atoms with Gasteiger partial charge in [-0.15, -0.1) is 0 Å². The van der Waals surface area contributed by atoms with Crippen molar-refractivity contribution in [3.05, 3.63) is 0 Å². The molecule has 8 heteroatoms. The zero-order chi connectivity index (χ0) is 11.6. The summed E-state index contributed by atoms with van der Waals surface area (Å²) in [6.45, 7) is 3.97. The molecular weight excluding hydrogens is 234 g/mol. The molecule has 0 unspecified atom stereocenters. The first-order valence-electron chi connectivity index (χ1n) is 3.79. The first kappa shape index (κ1) is 16.3. The zero-order valence-electron chi connectivity index (χ0n) is 7.97. The predicted octanol–water partition coefficient (Wildman–Crippen LogP) is 2.11. The van der Waals surface area contributed by atoms with E-state index in [0.717, 1.165) is 0 Å². The van der Waals surface area contributed by atoms with Gasteiger partial charge in [-0.05, 0) is 13.8 Å². The Labute approximate surface area is 87.3 Å². The summed E-state index contributed by atoms with van der Waals surface area (Å²) in [5.74, 6) is 0. The van der Waals surface area contributed by atoms with E-state index in [4.69, 9.17) is 24.1 Å². The fraction of sp³-hybridized carbons (Fsp3) is 0.833. The van der Waals surface area contributed by atoms with E-state index < -0.39 is 19.4 Å². The molecule has 0 spiro atoms. The van der Waals surface area contributed by atoms with Gasteiger partial charge < -0.3 is 19.3 Å². The standard InChI is InChI=1S/C5H13O4P.CHClO2/c1-3-8-10(7,5-6)9-4-2;2-1(3)4/h6H,3-5H2,1-2H3;(H,3,4). The maximum absolute atomic E-state index is 11.1. The van der Waals surface area contributed by atoms with E-state index in [1.807, 2.05) is 0 Å². The molecule has 0 aliphatic heterocycles. The van der Waals surface area contributed by atoms with Gasteiger partial charge in [-0.25, -0.2) is 4.79 Å². The summed E-state index contributed by atoms with van der Waals surface area (Å²) in [6.07, 6.45) is -0.547. The smallest absolute Gasteiger partial charge is 0.401 e. The van der Waals surface area contributed by atoms with Crippen molar-refractivity contribution in [1.82, 2.24) is 0 Å². The molecule has 0 heterocycles. The van der Waals surface area contributed by atoms with Crippen molar-refractivity contribution in [3.63, 3.8) is 0 Å². The highest BCUT2D eigenvalue weighted by Crippen LogP contribution is 2.46. The molecule has 0 bridgehead atoms. The van der Waals surface area contributed by atoms with E-state index in [2.05, 4.69) is 11.6 Å². The summed E-state index contributed by atoms with van der Waals surface area (Å²) in [7, 11) is -3.14. The van der Waals surface area contributed by atoms with Crippen molar-refractivity contribution in [2.24, 2.45) is 0 Å². The van der Waals surface area contributed by atoms with Crippen LogP contribution in [0.1, 0.15) is 13.8 Å². The minimum absolute atomic E-state index is 0.290. The zero-order valence-corrected chi connectivity index (χ0v) is 9.62. The average molecular weight is 249 g/mol. The second-order valence-electron chi connectivity index (χ2n) is 1.84. The molecule has 0 aliphatic rings. The van der Waals surface area contributed by atoms with E-state index in [9.17, 15) is 4.57 Å². The summed E-state index contributed by atoms with van der Waals surface area (Å²) >= 11 is 4.19. The molecule has 0 saturated heterocycles. The van der Waals surface area contributed by atoms with E-state index in [-0.39, 0.29) is 13.2 Å². The highest BCUT2D eigenvalue weighted by atomic mass is 35.5. The van der Waals surface area contributed by atoms with Crippen LogP contribution >= 0.6 is 19.2 Å². The minimum Gasteiger partial charge on any atom is -0.469 e. The molecule has 0 rings (SSSR count). The van der Waals surface area contributed by atoms with E-state index in [1.165, 1.54) is 0 Å². The Hall–Kier alpha value is -0.130. The Morgan fingerprint density at radius 2 is 1.64 bits per heavy atom. The predicted molar refractivity (Wildman–Crippen MR) is 51.8 cm³/mol. The lowest BCUT2D eigenvalue weighted by molar-refractivity contribution is 0.191. The van der Waals surface area contributed by atoms with Crippen LogP contribution < -0.4 is 0 Å². The molecule has 0 aromatic heterocycles. The molecule has 0 aromatic rings. The lowest BCUT2D eigenvalue weighted by Crippen LogP contribution is -1.98. The average Bonchev–Trinajstić information content (AvgIpc) is 2.04. The van der Waals surface area contributed by atoms with Crippen LogP contribution in [0, 0.1) is 0 Å². The second kappa shape index (κ2) is 9.43. The summed E-state index contributed by atoms with van der Waals surface area (Å²) in [4.78, 5) is 8.77. The first-order chi connectivity index (χ1) is 6.41. The Bertz CT molecular complexity index is 183. The number of aliphatic hydroxyl groups excluding tert-OH is 1. The molecule has 0 aliphatic carbocycles. The largest absolute Gasteiger partial charge is 0.469 e. The van der Waals surface area contributed by atoms with E-state index in [1.54, 1.807) is 13.8 Å². The van der Waals surface area contributed by atoms with E-state index >= 15 is 0 Å². The van der Waals surface area contributed by atoms with Gasteiger partial charge in [-0.1, -0.05) is 0 Å². The fourth-order valence-corrected chi connectivity index (χ4v) is 1.54. The van der Waals surface area contributed by atoms with Gasteiger partial charge in [0.05, 0.1) is 13.2 Å². The molecular formula is C6H14ClO6P. The first-order valence-corrected chi connectivity index (χ1v) is 5.89. The minimum atomic E-state index is -3.14. The molecule has 0 fully saturated rings. The van der Waals surface area contributed by atoms with Gasteiger partial charge in [0.25, 0.3) is 0 Å². The van der Waals surface area contributed by atoms with Crippen molar-refractivity contribution in [2.45, 2.75) is 13.8 Å². The van der Waals surface area contributed by atoms with Crippen LogP contribution in [-0.2, 0) is 13.6 Å². The summed E-state index contributed by atoms with van der Waals surface area (Å²) in [5.41, 5.74) is -1.36. The molecule has 0 amide bonds. The second-order valence-corrected chi connectivity index (χ2v) is 4.19. The van der Waals surface area contributed by atoms with Crippen molar-refractivity contribution >= 4 is 24.6 Å². The van der Waals surface area contributed by atoms with Crippen LogP contribution in [0.3, 0.4) is 0 Å². The Balaban J connectivity index is 0. The van der Waals surface area contributed by atoms with Gasteiger partial charge in [0, 0.05) is 11.6 Å². The van der Waals surface area contributed by atoms with Crippen molar-refractivity contribution in [1.29, 1.82) is 0 Å². The van der Waals surface area contributed by atoms with E-state index in [0.29, 0.717) is 0 Å². The van der Waals surface area contributed by atoms with Gasteiger partial charge in [0.1, 0.15) is 6.35 Å². The lowest BCUT2D eigenvalue weighted by Gasteiger charge is -2.12. The highest BCUT2D eigenvalue weighted by Gasteiger charge is 2.20. The molecule has 0 aromatic carbocycles. The van der Waals surface area contributed by atoms with Crippen LogP contribution in [0.2, 0.25) is 0 Å². The van der Waals surface area contributed by atoms with Gasteiger partial charge in [-0.3, -0.25) is 4.57 Å². The molecule has 14 heavy (non-hydrogen) atoms. The monoisotopic (exact) mass is 248 g/mol. The molecule has 0 saturated carbocycles. The number of rotatable bonds is 5. The van der Waals surface area contributed by atoms with Crippen molar-refractivity contribution in [3.8, 4) is 0 Å². The van der Waals surface area contributed by atoms with Crippen LogP contribution in [0.25, 0.3) is 0 Å². The Morgan fingerprint density at radius 1 is 1.36 bits per heavy atom. The molecule has 2 N–H and O–H groups in total. The van der Waals surface area contributed by atoms with Gasteiger partial charge in [0.2, 0.25) is 0 Å². The van der Waals surface area contributed by atoms with Gasteiger partial charge in [0.15, 0.2) is 0 Å². The van der Waals surface area contributed by atoms with Crippen molar-refractivity contribution < 1.29 is 28.6 Å². The summed E-state index contributed by atoms with van der Waals surface area (Å²) in [5, 5.41) is 15.7. The highest BCUT2D eigenvalue weighted by molar-refractivity contribution is 7.53. The third-order valence-corrected chi connectivity index (χ3v) is 2.47. The molecule has 6 nitrogen and oxygen atoms in total. The maximum Gasteiger partial charge on any atom is 0.401 e. The number of hydrogen-bond donors (Lipinski definition) is 2. The number of carboxylic acid groups (broad SMARTS) is 1.